The van der Waals surface area contributed by atoms with Crippen molar-refractivity contribution < 1.29 is 14.7 Å². The summed E-state index contributed by atoms with van der Waals surface area (Å²) in [5.41, 5.74) is 2.02. The molecule has 4 heteroatoms. The molecule has 1 atom stereocenters. The highest BCUT2D eigenvalue weighted by atomic mass is 16.4. The summed E-state index contributed by atoms with van der Waals surface area (Å²) in [5, 5.41) is 9.01. The van der Waals surface area contributed by atoms with Gasteiger partial charge in [0.05, 0.1) is 0 Å². The van der Waals surface area contributed by atoms with Crippen molar-refractivity contribution in [2.75, 3.05) is 13.6 Å². The third-order valence-corrected chi connectivity index (χ3v) is 3.80. The molecule has 0 bridgehead atoms. The second-order valence-corrected chi connectivity index (χ2v) is 4.95. The van der Waals surface area contributed by atoms with Crippen LogP contribution in [-0.4, -0.2) is 36.0 Å². The number of carbonyl (C=O) groups is 2. The Labute approximate surface area is 106 Å². The van der Waals surface area contributed by atoms with Gasteiger partial charge in [0.1, 0.15) is 6.29 Å². The number of carbonyl (C=O) groups excluding carboxylic acids is 1. The number of hydrogen-bond acceptors (Lipinski definition) is 2. The molecule has 0 aromatic heterocycles. The molecule has 1 N–H and O–H groups in total. The van der Waals surface area contributed by atoms with Crippen molar-refractivity contribution in [3.05, 3.63) is 35.4 Å². The molecule has 0 aliphatic heterocycles. The van der Waals surface area contributed by atoms with Crippen molar-refractivity contribution in [1.82, 2.24) is 4.90 Å². The number of aldehydes is 1. The topological polar surface area (TPSA) is 57.6 Å². The number of likely N-dealkylation sites (N-methyl/N-ethyl adjacent to an activating group) is 1. The summed E-state index contributed by atoms with van der Waals surface area (Å²) in [6.07, 6.45) is 2.07. The van der Waals surface area contributed by atoms with E-state index in [1.54, 1.807) is 7.05 Å². The maximum absolute atomic E-state index is 11.0. The maximum atomic E-state index is 11.0. The lowest BCUT2D eigenvalue weighted by Crippen LogP contribution is -2.40. The van der Waals surface area contributed by atoms with Gasteiger partial charge in [-0.2, -0.15) is 0 Å². The Morgan fingerprint density at radius 3 is 2.89 bits per heavy atom. The van der Waals surface area contributed by atoms with Gasteiger partial charge < -0.3 is 14.8 Å². The van der Waals surface area contributed by atoms with E-state index in [0.29, 0.717) is 13.0 Å². The van der Waals surface area contributed by atoms with Crippen molar-refractivity contribution in [3.63, 3.8) is 0 Å². The number of nitrogens with zero attached hydrogens (tertiary/aromatic N) is 1. The monoisotopic (exact) mass is 247 g/mol. The van der Waals surface area contributed by atoms with Crippen LogP contribution >= 0.6 is 0 Å². The molecule has 0 saturated carbocycles. The highest BCUT2D eigenvalue weighted by molar-refractivity contribution is 5.65. The van der Waals surface area contributed by atoms with Crippen LogP contribution in [0.3, 0.4) is 0 Å². The third-order valence-electron chi connectivity index (χ3n) is 3.80. The zero-order valence-corrected chi connectivity index (χ0v) is 10.4. The Balaban J connectivity index is 2.35. The summed E-state index contributed by atoms with van der Waals surface area (Å²) in [4.78, 5) is 23.2. The first-order valence-electron chi connectivity index (χ1n) is 6.05. The summed E-state index contributed by atoms with van der Waals surface area (Å²) in [6, 6.07) is 8.01. The standard InChI is InChI=1S/C14H17NO3/c1-15(13(17)18)10-14(8-9-16)7-6-11-4-2-3-5-12(11)14/h2-5,9H,6-8,10H2,1H3,(H,17,18). The van der Waals surface area contributed by atoms with Crippen molar-refractivity contribution in [2.24, 2.45) is 0 Å². The lowest BCUT2D eigenvalue weighted by atomic mass is 9.79. The van der Waals surface area contributed by atoms with Crippen LogP contribution in [0.5, 0.6) is 0 Å². The van der Waals surface area contributed by atoms with Crippen molar-refractivity contribution in [3.8, 4) is 0 Å². The SMILES string of the molecule is CN(CC1(CC=O)CCc2ccccc21)C(=O)O. The molecule has 1 amide bonds. The van der Waals surface area contributed by atoms with Crippen LogP contribution in [0.15, 0.2) is 24.3 Å². The first kappa shape index (κ1) is 12.6. The lowest BCUT2D eigenvalue weighted by Gasteiger charge is -2.32. The quantitative estimate of drug-likeness (QED) is 0.829. The molecule has 0 spiro atoms. The smallest absolute Gasteiger partial charge is 0.407 e. The van der Waals surface area contributed by atoms with Crippen molar-refractivity contribution in [1.29, 1.82) is 0 Å². The second kappa shape index (κ2) is 4.80. The van der Waals surface area contributed by atoms with Gasteiger partial charge in [-0.15, -0.1) is 0 Å². The number of amides is 1. The molecule has 1 aromatic carbocycles. The summed E-state index contributed by atoms with van der Waals surface area (Å²) in [6.45, 7) is 0.373. The molecule has 1 aliphatic carbocycles. The van der Waals surface area contributed by atoms with Crippen LogP contribution in [0.2, 0.25) is 0 Å². The third kappa shape index (κ3) is 2.10. The van der Waals surface area contributed by atoms with Crippen LogP contribution in [-0.2, 0) is 16.6 Å². The molecule has 2 rings (SSSR count). The molecule has 0 fully saturated rings. The van der Waals surface area contributed by atoms with E-state index >= 15 is 0 Å². The predicted octanol–water partition coefficient (Wildman–Crippen LogP) is 2.07. The second-order valence-electron chi connectivity index (χ2n) is 4.95. The fourth-order valence-electron chi connectivity index (χ4n) is 2.89. The average molecular weight is 247 g/mol. The first-order valence-corrected chi connectivity index (χ1v) is 6.05. The minimum absolute atomic E-state index is 0.342. The number of carboxylic acid groups (broad SMARTS) is 1. The van der Waals surface area contributed by atoms with E-state index in [1.807, 2.05) is 18.2 Å². The molecule has 0 saturated heterocycles. The summed E-state index contributed by atoms with van der Waals surface area (Å²) in [5.74, 6) is 0. The molecule has 1 aliphatic rings. The zero-order valence-electron chi connectivity index (χ0n) is 10.4. The van der Waals surface area contributed by atoms with Crippen LogP contribution in [0.25, 0.3) is 0 Å². The number of rotatable bonds is 4. The Hall–Kier alpha value is -1.84. The van der Waals surface area contributed by atoms with E-state index in [-0.39, 0.29) is 5.41 Å². The van der Waals surface area contributed by atoms with Gasteiger partial charge in [-0.25, -0.2) is 4.79 Å². The minimum atomic E-state index is -0.954. The van der Waals surface area contributed by atoms with Gasteiger partial charge in [0, 0.05) is 25.4 Å². The van der Waals surface area contributed by atoms with Crippen molar-refractivity contribution >= 4 is 12.4 Å². The highest BCUT2D eigenvalue weighted by Gasteiger charge is 2.39. The molecular weight excluding hydrogens is 230 g/mol. The van der Waals surface area contributed by atoms with Gasteiger partial charge in [-0.05, 0) is 24.0 Å². The normalized spacial score (nSPS) is 21.4. The van der Waals surface area contributed by atoms with E-state index in [1.165, 1.54) is 10.5 Å². The Morgan fingerprint density at radius 2 is 2.22 bits per heavy atom. The molecule has 18 heavy (non-hydrogen) atoms. The summed E-state index contributed by atoms with van der Waals surface area (Å²) < 4.78 is 0. The van der Waals surface area contributed by atoms with E-state index < -0.39 is 6.09 Å². The van der Waals surface area contributed by atoms with E-state index in [2.05, 4.69) is 6.07 Å². The van der Waals surface area contributed by atoms with Crippen LogP contribution in [0.1, 0.15) is 24.0 Å². The number of hydrogen-bond donors (Lipinski definition) is 1. The largest absolute Gasteiger partial charge is 0.465 e. The molecule has 96 valence electrons. The molecular formula is C14H17NO3. The number of aryl methyl sites for hydroxylation is 1. The Morgan fingerprint density at radius 1 is 1.50 bits per heavy atom. The highest BCUT2D eigenvalue weighted by Crippen LogP contribution is 2.41. The fourth-order valence-corrected chi connectivity index (χ4v) is 2.89. The fraction of sp³-hybridized carbons (Fsp3) is 0.429. The van der Waals surface area contributed by atoms with Gasteiger partial charge in [0.15, 0.2) is 0 Å². The molecule has 1 aromatic rings. The van der Waals surface area contributed by atoms with Crippen LogP contribution in [0.4, 0.5) is 4.79 Å². The van der Waals surface area contributed by atoms with E-state index in [9.17, 15) is 9.59 Å². The van der Waals surface area contributed by atoms with Gasteiger partial charge in [0.2, 0.25) is 0 Å². The predicted molar refractivity (Wildman–Crippen MR) is 67.8 cm³/mol. The maximum Gasteiger partial charge on any atom is 0.407 e. The zero-order chi connectivity index (χ0) is 13.2. The van der Waals surface area contributed by atoms with Crippen LogP contribution < -0.4 is 0 Å². The molecule has 0 radical (unpaired) electrons. The molecule has 0 heterocycles. The molecule has 1 unspecified atom stereocenters. The van der Waals surface area contributed by atoms with E-state index in [4.69, 9.17) is 5.11 Å². The Kier molecular flexibility index (Phi) is 3.36. The number of fused-ring (bicyclic) bond motifs is 1. The van der Waals surface area contributed by atoms with Gasteiger partial charge in [-0.3, -0.25) is 0 Å². The summed E-state index contributed by atoms with van der Waals surface area (Å²) in [7, 11) is 1.55. The first-order chi connectivity index (χ1) is 8.59. The van der Waals surface area contributed by atoms with Crippen molar-refractivity contribution in [2.45, 2.75) is 24.7 Å². The Bertz CT molecular complexity index is 472. The number of benzene rings is 1. The van der Waals surface area contributed by atoms with Gasteiger partial charge in [0.25, 0.3) is 0 Å². The van der Waals surface area contributed by atoms with Gasteiger partial charge in [-0.1, -0.05) is 24.3 Å². The minimum Gasteiger partial charge on any atom is -0.465 e. The van der Waals surface area contributed by atoms with Crippen LogP contribution in [0, 0.1) is 0 Å². The molecule has 4 nitrogen and oxygen atoms in total. The van der Waals surface area contributed by atoms with Gasteiger partial charge >= 0.3 is 6.09 Å². The lowest BCUT2D eigenvalue weighted by molar-refractivity contribution is -0.109. The average Bonchev–Trinajstić information content (AvgIpc) is 2.69. The van der Waals surface area contributed by atoms with E-state index in [0.717, 1.165) is 24.7 Å². The summed E-state index contributed by atoms with van der Waals surface area (Å²) >= 11 is 0.